The molecule has 0 bridgehead atoms. The molecule has 4 aromatic rings. The van der Waals surface area contributed by atoms with Crippen molar-refractivity contribution in [3.8, 4) is 0 Å². The van der Waals surface area contributed by atoms with Crippen molar-refractivity contribution in [3.05, 3.63) is 53.4 Å². The Bertz CT molecular complexity index is 1740. The van der Waals surface area contributed by atoms with Crippen molar-refractivity contribution < 1.29 is 49.4 Å². The van der Waals surface area contributed by atoms with Crippen LogP contribution in [0.5, 0.6) is 0 Å². The molecule has 1 saturated heterocycles. The Hall–Kier alpha value is -4.65. The second-order valence-corrected chi connectivity index (χ2v) is 11.6. The minimum atomic E-state index is -4.74. The van der Waals surface area contributed by atoms with Gasteiger partial charge < -0.3 is 15.1 Å². The Labute approximate surface area is 253 Å². The molecule has 2 amide bonds. The summed E-state index contributed by atoms with van der Waals surface area (Å²) < 4.78 is 108. The van der Waals surface area contributed by atoms with Crippen molar-refractivity contribution in [2.75, 3.05) is 0 Å². The summed E-state index contributed by atoms with van der Waals surface area (Å²) in [6, 6.07) is -1.79. The van der Waals surface area contributed by atoms with Gasteiger partial charge in [0.15, 0.2) is 11.3 Å². The number of amides is 2. The summed E-state index contributed by atoms with van der Waals surface area (Å²) in [4.78, 5) is 30.6. The Morgan fingerprint density at radius 2 is 1.93 bits per heavy atom. The minimum Gasteiger partial charge on any atom is -0.427 e. The summed E-state index contributed by atoms with van der Waals surface area (Å²) >= 11 is 0. The van der Waals surface area contributed by atoms with Crippen molar-refractivity contribution in [2.45, 2.75) is 81.0 Å². The Morgan fingerprint density at radius 1 is 1.20 bits per heavy atom. The number of rotatable bonds is 8. The third-order valence-electron chi connectivity index (χ3n) is 8.32. The first-order valence-electron chi connectivity index (χ1n) is 13.9. The molecule has 3 atom stereocenters. The van der Waals surface area contributed by atoms with Gasteiger partial charge in [0.05, 0.1) is 24.1 Å². The van der Waals surface area contributed by atoms with Crippen LogP contribution in [0, 0.1) is 5.92 Å². The van der Waals surface area contributed by atoms with E-state index >= 15 is 0 Å². The largest absolute Gasteiger partial charge is 0.427 e. The summed E-state index contributed by atoms with van der Waals surface area (Å²) in [5, 5.41) is 22.4. The van der Waals surface area contributed by atoms with Gasteiger partial charge in [-0.05, 0) is 53.5 Å². The van der Waals surface area contributed by atoms with Crippen molar-refractivity contribution in [2.24, 2.45) is 5.92 Å². The topological polar surface area (TPSA) is 166 Å². The van der Waals surface area contributed by atoms with Gasteiger partial charge in [-0.3, -0.25) is 9.59 Å². The average Bonchev–Trinajstić information content (AvgIpc) is 3.78. The number of aromatic nitrogens is 7. The number of fused-ring (bicyclic) bond motifs is 1. The van der Waals surface area contributed by atoms with Crippen LogP contribution in [0.4, 0.5) is 30.7 Å². The first-order valence-corrected chi connectivity index (χ1v) is 13.9. The minimum absolute atomic E-state index is 0.0411. The molecule has 246 valence electrons. The molecule has 0 aromatic carbocycles. The molecule has 1 saturated carbocycles. The van der Waals surface area contributed by atoms with E-state index in [1.165, 1.54) is 23.0 Å². The van der Waals surface area contributed by atoms with E-state index in [9.17, 15) is 40.3 Å². The van der Waals surface area contributed by atoms with Gasteiger partial charge in [-0.2, -0.15) is 27.1 Å². The summed E-state index contributed by atoms with van der Waals surface area (Å²) in [6.07, 6.45) is -3.27. The smallest absolute Gasteiger partial charge is 0.408 e. The number of carbonyl (C=O) groups is 2. The van der Waals surface area contributed by atoms with E-state index in [2.05, 4.69) is 40.5 Å². The van der Waals surface area contributed by atoms with Crippen LogP contribution < -0.4 is 10.6 Å². The van der Waals surface area contributed by atoms with Crippen molar-refractivity contribution in [1.29, 1.82) is 0 Å². The molecule has 0 radical (unpaired) electrons. The molecule has 2 N–H and O–H groups in total. The maximum absolute atomic E-state index is 14.0. The van der Waals surface area contributed by atoms with Crippen LogP contribution in [-0.2, 0) is 22.6 Å². The highest BCUT2D eigenvalue weighted by molar-refractivity contribution is 5.93. The molecule has 1 aliphatic carbocycles. The van der Waals surface area contributed by atoms with E-state index in [4.69, 9.17) is 4.42 Å². The summed E-state index contributed by atoms with van der Waals surface area (Å²) in [6.45, 7) is 0.496. The normalized spacial score (nSPS) is 23.0. The number of alkyl halides is 7. The fourth-order valence-corrected chi connectivity index (χ4v) is 5.97. The first kappa shape index (κ1) is 31.3. The van der Waals surface area contributed by atoms with Crippen molar-refractivity contribution >= 4 is 17.5 Å². The molecule has 5 heterocycles. The zero-order chi connectivity index (χ0) is 33.1. The maximum Gasteiger partial charge on any atom is 0.408 e. The van der Waals surface area contributed by atoms with Gasteiger partial charge in [0.25, 0.3) is 11.8 Å². The maximum atomic E-state index is 14.0. The van der Waals surface area contributed by atoms with Gasteiger partial charge in [0.2, 0.25) is 29.8 Å². The van der Waals surface area contributed by atoms with E-state index < -0.39 is 83.9 Å². The lowest BCUT2D eigenvalue weighted by atomic mass is 9.79. The number of imidazole rings is 1. The highest BCUT2D eigenvalue weighted by Gasteiger charge is 2.59. The molecule has 0 spiro atoms. The van der Waals surface area contributed by atoms with E-state index in [1.807, 2.05) is 5.32 Å². The van der Waals surface area contributed by atoms with E-state index in [0.717, 1.165) is 6.39 Å². The van der Waals surface area contributed by atoms with Crippen molar-refractivity contribution in [3.63, 3.8) is 0 Å². The lowest BCUT2D eigenvalue weighted by molar-refractivity contribution is -0.155. The van der Waals surface area contributed by atoms with Crippen molar-refractivity contribution in [1.82, 2.24) is 45.7 Å². The highest BCUT2D eigenvalue weighted by atomic mass is 19.4. The van der Waals surface area contributed by atoms with E-state index in [0.29, 0.717) is 6.92 Å². The third-order valence-corrected chi connectivity index (χ3v) is 8.32. The van der Waals surface area contributed by atoms with Gasteiger partial charge in [-0.25, -0.2) is 22.9 Å². The molecular formula is C26H24F7N9O4. The number of nitrogens with one attached hydrogen (secondary N) is 2. The van der Waals surface area contributed by atoms with E-state index in [-0.39, 0.29) is 42.1 Å². The average molecular weight is 660 g/mol. The molecule has 46 heavy (non-hydrogen) atoms. The van der Waals surface area contributed by atoms with Crippen LogP contribution in [0.25, 0.3) is 5.65 Å². The number of halogens is 7. The quantitative estimate of drug-likeness (QED) is 0.266. The summed E-state index contributed by atoms with van der Waals surface area (Å²) in [7, 11) is 0. The number of carbonyl (C=O) groups excluding carboxylic acids is 2. The highest BCUT2D eigenvalue weighted by Crippen LogP contribution is 2.43. The van der Waals surface area contributed by atoms with Gasteiger partial charge in [-0.1, -0.05) is 0 Å². The van der Waals surface area contributed by atoms with Crippen LogP contribution in [-0.4, -0.2) is 65.1 Å². The number of hydrogen-bond donors (Lipinski definition) is 2. The van der Waals surface area contributed by atoms with Crippen LogP contribution >= 0.6 is 0 Å². The van der Waals surface area contributed by atoms with Crippen LogP contribution in [0.2, 0.25) is 0 Å². The molecule has 20 heteroatoms. The Morgan fingerprint density at radius 3 is 2.57 bits per heavy atom. The zero-order valence-electron chi connectivity index (χ0n) is 23.7. The summed E-state index contributed by atoms with van der Waals surface area (Å²) in [5.41, 5.74) is -3.15. The molecule has 2 fully saturated rings. The fraction of sp³-hybridized carbons (Fsp3) is 0.538. The molecule has 2 aliphatic rings. The Balaban J connectivity index is 1.32. The predicted molar refractivity (Wildman–Crippen MR) is 136 cm³/mol. The molecule has 0 unspecified atom stereocenters. The zero-order valence-corrected chi connectivity index (χ0v) is 23.7. The molecule has 6 rings (SSSR count). The third kappa shape index (κ3) is 5.86. The molecular weight excluding hydrogens is 635 g/mol. The lowest BCUT2D eigenvalue weighted by Crippen LogP contribution is -2.40. The monoisotopic (exact) mass is 659 g/mol. The second kappa shape index (κ2) is 11.0. The van der Waals surface area contributed by atoms with Crippen LogP contribution in [0.3, 0.4) is 0 Å². The molecule has 4 aromatic heterocycles. The van der Waals surface area contributed by atoms with Gasteiger partial charge in [0.1, 0.15) is 11.5 Å². The first-order chi connectivity index (χ1) is 21.6. The van der Waals surface area contributed by atoms with Gasteiger partial charge in [0, 0.05) is 19.8 Å². The standard InChI is InChI=1S/C26H24F7N9O4/c1-23(27,28)19-18(40-46-41-19)20(43)38-17(13-2-4-25(29,30)5-3-13)14-10-42-16(36-14)6-12(9-35-42)7-24(22-39-34-11-45-22)8-15(26(31,32)33)37-21(24)44/h6,9-11,13,15,17H,2-5,7-8H2,1H3,(H,37,44)(H,38,43)/t15-,17-,24+/m0/s1. The van der Waals surface area contributed by atoms with Gasteiger partial charge in [-0.15, -0.1) is 10.2 Å². The fourth-order valence-electron chi connectivity index (χ4n) is 5.97. The number of nitrogens with zero attached hydrogens (tertiary/aromatic N) is 7. The van der Waals surface area contributed by atoms with Crippen LogP contribution in [0.15, 0.2) is 33.9 Å². The predicted octanol–water partition coefficient (Wildman–Crippen LogP) is 3.83. The van der Waals surface area contributed by atoms with E-state index in [1.54, 1.807) is 0 Å². The Kier molecular flexibility index (Phi) is 7.50. The number of hydrogen-bond acceptors (Lipinski definition) is 10. The lowest BCUT2D eigenvalue weighted by Gasteiger charge is -2.33. The van der Waals surface area contributed by atoms with Crippen LogP contribution in [0.1, 0.15) is 78.4 Å². The molecule has 13 nitrogen and oxygen atoms in total. The second-order valence-electron chi connectivity index (χ2n) is 11.6. The van der Waals surface area contributed by atoms with Gasteiger partial charge >= 0.3 is 6.18 Å². The SMILES string of the molecule is CC(F)(F)c1nonc1C(=O)N[C@H](c1cn2ncc(C[C@@]3(c4nnco4)C[C@@H](C(F)(F)F)NC3=O)cc2n1)C1CCC(F)(F)CC1. The summed E-state index contributed by atoms with van der Waals surface area (Å²) in [5.74, 6) is -9.48. The molecule has 1 aliphatic heterocycles.